The second-order valence-corrected chi connectivity index (χ2v) is 5.71. The lowest BCUT2D eigenvalue weighted by molar-refractivity contribution is 0.199. The van der Waals surface area contributed by atoms with Gasteiger partial charge < -0.3 is 10.0 Å². The lowest BCUT2D eigenvalue weighted by atomic mass is 10.1. The van der Waals surface area contributed by atoms with Gasteiger partial charge >= 0.3 is 0 Å². The van der Waals surface area contributed by atoms with Crippen molar-refractivity contribution in [3.05, 3.63) is 29.6 Å². The molecule has 1 N–H and O–H groups in total. The molecule has 0 radical (unpaired) electrons. The Morgan fingerprint density at radius 3 is 2.56 bits per heavy atom. The Morgan fingerprint density at radius 1 is 1.33 bits per heavy atom. The number of benzene rings is 1. The number of aliphatic hydroxyl groups excluding tert-OH is 1. The molecule has 0 saturated heterocycles. The third kappa shape index (κ3) is 2.51. The molecule has 0 aliphatic heterocycles. The van der Waals surface area contributed by atoms with Gasteiger partial charge in [-0.15, -0.1) is 0 Å². The Balaban J connectivity index is 1.83. The maximum Gasteiger partial charge on any atom is 0.146 e. The van der Waals surface area contributed by atoms with Crippen molar-refractivity contribution in [2.45, 2.75) is 44.8 Å². The van der Waals surface area contributed by atoms with E-state index in [-0.39, 0.29) is 5.82 Å². The fourth-order valence-electron chi connectivity index (χ4n) is 2.42. The molecule has 1 atom stereocenters. The molecule has 2 aliphatic rings. The summed E-state index contributed by atoms with van der Waals surface area (Å²) in [7, 11) is 0. The highest BCUT2D eigenvalue weighted by Gasteiger charge is 2.34. The third-order valence-corrected chi connectivity index (χ3v) is 3.90. The molecule has 1 aromatic carbocycles. The van der Waals surface area contributed by atoms with Crippen LogP contribution in [-0.2, 0) is 0 Å². The minimum atomic E-state index is -0.605. The van der Waals surface area contributed by atoms with Crippen LogP contribution < -0.4 is 4.90 Å². The summed E-state index contributed by atoms with van der Waals surface area (Å²) in [6, 6.07) is 5.68. The molecule has 18 heavy (non-hydrogen) atoms. The molecular formula is C15H20FNO. The van der Waals surface area contributed by atoms with Crippen molar-refractivity contribution >= 4 is 5.69 Å². The van der Waals surface area contributed by atoms with Crippen molar-refractivity contribution in [1.82, 2.24) is 0 Å². The number of aliphatic hydroxyl groups is 1. The second-order valence-electron chi connectivity index (χ2n) is 5.71. The second kappa shape index (κ2) is 4.54. The summed E-state index contributed by atoms with van der Waals surface area (Å²) in [4.78, 5) is 2.23. The number of halogens is 1. The maximum absolute atomic E-state index is 14.2. The zero-order chi connectivity index (χ0) is 12.7. The highest BCUT2D eigenvalue weighted by molar-refractivity contribution is 5.51. The molecule has 0 aromatic heterocycles. The first-order valence-corrected chi connectivity index (χ1v) is 6.89. The van der Waals surface area contributed by atoms with Crippen LogP contribution in [-0.4, -0.2) is 17.7 Å². The molecule has 0 heterocycles. The summed E-state index contributed by atoms with van der Waals surface area (Å²) >= 11 is 0. The molecule has 0 spiro atoms. The number of anilines is 1. The molecule has 1 unspecified atom stereocenters. The summed E-state index contributed by atoms with van der Waals surface area (Å²) < 4.78 is 14.2. The van der Waals surface area contributed by atoms with Gasteiger partial charge in [-0.3, -0.25) is 0 Å². The Labute approximate surface area is 107 Å². The van der Waals surface area contributed by atoms with Gasteiger partial charge in [0.2, 0.25) is 0 Å². The molecule has 3 rings (SSSR count). The monoisotopic (exact) mass is 249 g/mol. The van der Waals surface area contributed by atoms with Crippen LogP contribution in [0.15, 0.2) is 18.2 Å². The minimum Gasteiger partial charge on any atom is -0.389 e. The number of hydrogen-bond donors (Lipinski definition) is 1. The van der Waals surface area contributed by atoms with Crippen LogP contribution >= 0.6 is 0 Å². The van der Waals surface area contributed by atoms with Gasteiger partial charge in [0.05, 0.1) is 11.8 Å². The lowest BCUT2D eigenvalue weighted by Crippen LogP contribution is -2.28. The van der Waals surface area contributed by atoms with E-state index in [2.05, 4.69) is 4.90 Å². The molecular weight excluding hydrogens is 229 g/mol. The summed E-state index contributed by atoms with van der Waals surface area (Å²) in [5.74, 6) is 0.572. The van der Waals surface area contributed by atoms with E-state index in [1.165, 1.54) is 31.7 Å². The van der Waals surface area contributed by atoms with Crippen molar-refractivity contribution in [3.63, 3.8) is 0 Å². The molecule has 2 fully saturated rings. The predicted molar refractivity (Wildman–Crippen MR) is 70.1 cm³/mol. The van der Waals surface area contributed by atoms with Crippen LogP contribution in [0.1, 0.15) is 44.3 Å². The van der Waals surface area contributed by atoms with E-state index in [1.807, 2.05) is 12.1 Å². The molecule has 2 saturated carbocycles. The molecule has 98 valence electrons. The normalized spacial score (nSPS) is 20.8. The molecule has 1 aromatic rings. The third-order valence-electron chi connectivity index (χ3n) is 3.90. The molecule has 2 nitrogen and oxygen atoms in total. The van der Waals surface area contributed by atoms with Gasteiger partial charge in [-0.1, -0.05) is 6.07 Å². The Kier molecular flexibility index (Phi) is 3.02. The Hall–Kier alpha value is -1.09. The van der Waals surface area contributed by atoms with Crippen molar-refractivity contribution in [2.24, 2.45) is 5.92 Å². The molecule has 2 aliphatic carbocycles. The van der Waals surface area contributed by atoms with E-state index in [4.69, 9.17) is 0 Å². The largest absolute Gasteiger partial charge is 0.389 e. The van der Waals surface area contributed by atoms with Crippen LogP contribution in [0, 0.1) is 11.7 Å². The van der Waals surface area contributed by atoms with Crippen LogP contribution in [0.2, 0.25) is 0 Å². The smallest absolute Gasteiger partial charge is 0.146 e. The van der Waals surface area contributed by atoms with Gasteiger partial charge in [0.1, 0.15) is 5.82 Å². The van der Waals surface area contributed by atoms with Crippen LogP contribution in [0.3, 0.4) is 0 Å². The first-order chi connectivity index (χ1) is 8.65. The van der Waals surface area contributed by atoms with Gasteiger partial charge in [0.15, 0.2) is 0 Å². The summed E-state index contributed by atoms with van der Waals surface area (Å²) in [6.45, 7) is 2.66. The van der Waals surface area contributed by atoms with Crippen LogP contribution in [0.4, 0.5) is 10.1 Å². The maximum atomic E-state index is 14.2. The lowest BCUT2D eigenvalue weighted by Gasteiger charge is -2.25. The van der Waals surface area contributed by atoms with Gasteiger partial charge in [-0.2, -0.15) is 0 Å². The van der Waals surface area contributed by atoms with Gasteiger partial charge in [-0.05, 0) is 56.2 Å². The van der Waals surface area contributed by atoms with Crippen LogP contribution in [0.25, 0.3) is 0 Å². The topological polar surface area (TPSA) is 23.5 Å². The summed E-state index contributed by atoms with van der Waals surface area (Å²) in [5.41, 5.74) is 1.37. The number of rotatable bonds is 5. The van der Waals surface area contributed by atoms with Crippen molar-refractivity contribution in [3.8, 4) is 0 Å². The van der Waals surface area contributed by atoms with E-state index in [9.17, 15) is 9.50 Å². The Morgan fingerprint density at radius 2 is 2.06 bits per heavy atom. The summed E-state index contributed by atoms with van der Waals surface area (Å²) in [5, 5.41) is 9.47. The van der Waals surface area contributed by atoms with E-state index in [1.54, 1.807) is 6.92 Å². The minimum absolute atomic E-state index is 0.194. The highest BCUT2D eigenvalue weighted by atomic mass is 19.1. The summed E-state index contributed by atoms with van der Waals surface area (Å²) in [6.07, 6.45) is 4.34. The number of nitrogens with zero attached hydrogens (tertiary/aromatic N) is 1. The fourth-order valence-corrected chi connectivity index (χ4v) is 2.42. The van der Waals surface area contributed by atoms with E-state index in [0.29, 0.717) is 17.3 Å². The quantitative estimate of drug-likeness (QED) is 0.865. The van der Waals surface area contributed by atoms with E-state index >= 15 is 0 Å². The average molecular weight is 249 g/mol. The van der Waals surface area contributed by atoms with E-state index in [0.717, 1.165) is 12.5 Å². The van der Waals surface area contributed by atoms with Gasteiger partial charge in [-0.25, -0.2) is 4.39 Å². The zero-order valence-corrected chi connectivity index (χ0v) is 10.8. The SMILES string of the molecule is CC(O)c1ccc(N(CC2CC2)C2CC2)c(F)c1. The van der Waals surface area contributed by atoms with Crippen molar-refractivity contribution in [1.29, 1.82) is 0 Å². The molecule has 3 heteroatoms. The first-order valence-electron chi connectivity index (χ1n) is 6.89. The predicted octanol–water partition coefficient (Wildman–Crippen LogP) is 3.26. The first kappa shape index (κ1) is 12.0. The molecule has 0 amide bonds. The van der Waals surface area contributed by atoms with E-state index < -0.39 is 6.10 Å². The van der Waals surface area contributed by atoms with Crippen LogP contribution in [0.5, 0.6) is 0 Å². The average Bonchev–Trinajstić information content (AvgIpc) is 3.19. The fraction of sp³-hybridized carbons (Fsp3) is 0.600. The zero-order valence-electron chi connectivity index (χ0n) is 10.8. The van der Waals surface area contributed by atoms with Crippen molar-refractivity contribution in [2.75, 3.05) is 11.4 Å². The standard InChI is InChI=1S/C15H20FNO/c1-10(18)12-4-7-15(14(16)8-12)17(13-5-6-13)9-11-2-3-11/h4,7-8,10-11,13,18H,2-3,5-6,9H2,1H3. The Bertz CT molecular complexity index is 438. The van der Waals surface area contributed by atoms with Gasteiger partial charge in [0, 0.05) is 12.6 Å². The van der Waals surface area contributed by atoms with Gasteiger partial charge in [0.25, 0.3) is 0 Å². The molecule has 0 bridgehead atoms. The highest BCUT2D eigenvalue weighted by Crippen LogP contribution is 2.38. The number of hydrogen-bond acceptors (Lipinski definition) is 2. The van der Waals surface area contributed by atoms with Crippen molar-refractivity contribution < 1.29 is 9.50 Å².